The Morgan fingerprint density at radius 3 is 2.30 bits per heavy atom. The molecule has 20 heavy (non-hydrogen) atoms. The fourth-order valence-electron chi connectivity index (χ4n) is 1.88. The van der Waals surface area contributed by atoms with Crippen LogP contribution in [0.25, 0.3) is 0 Å². The van der Waals surface area contributed by atoms with Crippen molar-refractivity contribution >= 4 is 11.7 Å². The van der Waals surface area contributed by atoms with Gasteiger partial charge in [0.05, 0.1) is 14.2 Å². The lowest BCUT2D eigenvalue weighted by atomic mass is 10.1. The van der Waals surface area contributed by atoms with Gasteiger partial charge in [-0.2, -0.15) is 5.10 Å². The average Bonchev–Trinajstić information content (AvgIpc) is 2.75. The Balaban J connectivity index is 2.33. The number of aryl methyl sites for hydroxylation is 2. The number of carbonyl (C=O) groups excluding carboxylic acids is 1. The van der Waals surface area contributed by atoms with E-state index in [1.165, 1.54) is 14.2 Å². The first-order valence-corrected chi connectivity index (χ1v) is 6.09. The smallest absolute Gasteiger partial charge is 0.264 e. The van der Waals surface area contributed by atoms with Crippen molar-refractivity contribution in [3.8, 4) is 11.5 Å². The molecule has 1 heterocycles. The van der Waals surface area contributed by atoms with Crippen molar-refractivity contribution in [3.63, 3.8) is 0 Å². The van der Waals surface area contributed by atoms with Crippen LogP contribution in [0.5, 0.6) is 11.5 Å². The topological polar surface area (TPSA) is 65.4 Å². The van der Waals surface area contributed by atoms with Crippen LogP contribution in [0.2, 0.25) is 0 Å². The van der Waals surface area contributed by atoms with Crippen molar-refractivity contribution < 1.29 is 14.3 Å². The van der Waals surface area contributed by atoms with Gasteiger partial charge in [0.2, 0.25) is 0 Å². The number of benzene rings is 1. The van der Waals surface area contributed by atoms with Gasteiger partial charge < -0.3 is 14.8 Å². The van der Waals surface area contributed by atoms with Crippen LogP contribution in [0.1, 0.15) is 16.1 Å². The summed E-state index contributed by atoms with van der Waals surface area (Å²) in [5.74, 6) is 1.07. The Morgan fingerprint density at radius 2 is 1.85 bits per heavy atom. The van der Waals surface area contributed by atoms with Gasteiger partial charge in [0, 0.05) is 18.8 Å². The molecule has 0 saturated carbocycles. The minimum absolute atomic E-state index is 0.322. The van der Waals surface area contributed by atoms with Gasteiger partial charge in [0.15, 0.2) is 5.82 Å². The zero-order valence-electron chi connectivity index (χ0n) is 11.9. The van der Waals surface area contributed by atoms with Gasteiger partial charge in [-0.15, -0.1) is 0 Å². The summed E-state index contributed by atoms with van der Waals surface area (Å²) in [7, 11) is 4.83. The summed E-state index contributed by atoms with van der Waals surface area (Å²) in [5, 5.41) is 6.93. The van der Waals surface area contributed by atoms with E-state index in [1.807, 2.05) is 14.0 Å². The molecule has 0 saturated heterocycles. The summed E-state index contributed by atoms with van der Waals surface area (Å²) < 4.78 is 12.1. The van der Waals surface area contributed by atoms with Crippen molar-refractivity contribution in [2.45, 2.75) is 6.92 Å². The lowest BCUT2D eigenvalue weighted by molar-refractivity contribution is 0.102. The molecule has 1 aromatic carbocycles. The van der Waals surface area contributed by atoms with Crippen LogP contribution in [0, 0.1) is 6.92 Å². The van der Waals surface area contributed by atoms with Crippen LogP contribution in [-0.2, 0) is 7.05 Å². The van der Waals surface area contributed by atoms with Crippen LogP contribution >= 0.6 is 0 Å². The summed E-state index contributed by atoms with van der Waals surface area (Å²) in [6.45, 7) is 1.91. The normalized spacial score (nSPS) is 10.2. The van der Waals surface area contributed by atoms with E-state index in [4.69, 9.17) is 9.47 Å². The number of nitrogens with zero attached hydrogens (tertiary/aromatic N) is 2. The van der Waals surface area contributed by atoms with Crippen molar-refractivity contribution in [2.75, 3.05) is 19.5 Å². The number of aromatic nitrogens is 2. The van der Waals surface area contributed by atoms with Crippen molar-refractivity contribution in [1.82, 2.24) is 9.78 Å². The fourth-order valence-corrected chi connectivity index (χ4v) is 1.88. The number of nitrogens with one attached hydrogen (secondary N) is 1. The van der Waals surface area contributed by atoms with Crippen molar-refractivity contribution in [3.05, 3.63) is 35.5 Å². The highest BCUT2D eigenvalue weighted by Gasteiger charge is 2.19. The molecule has 106 valence electrons. The monoisotopic (exact) mass is 275 g/mol. The molecule has 2 rings (SSSR count). The molecular formula is C14H17N3O3. The van der Waals surface area contributed by atoms with Gasteiger partial charge in [0.25, 0.3) is 5.91 Å². The quantitative estimate of drug-likeness (QED) is 0.926. The molecule has 0 unspecified atom stereocenters. The molecule has 1 amide bonds. The lowest BCUT2D eigenvalue weighted by Gasteiger charge is -2.11. The predicted molar refractivity (Wildman–Crippen MR) is 75.4 cm³/mol. The minimum atomic E-state index is -0.322. The largest absolute Gasteiger partial charge is 0.496 e. The van der Waals surface area contributed by atoms with Gasteiger partial charge >= 0.3 is 0 Å². The first-order chi connectivity index (χ1) is 9.56. The highest BCUT2D eigenvalue weighted by atomic mass is 16.5. The first-order valence-electron chi connectivity index (χ1n) is 6.09. The molecule has 0 aliphatic rings. The Morgan fingerprint density at radius 1 is 1.25 bits per heavy atom. The summed E-state index contributed by atoms with van der Waals surface area (Å²) in [5.41, 5.74) is 1.30. The van der Waals surface area contributed by atoms with Gasteiger partial charge in [0.1, 0.15) is 17.1 Å². The lowest BCUT2D eigenvalue weighted by Crippen LogP contribution is -2.15. The first kappa shape index (κ1) is 13.9. The number of carbonyl (C=O) groups is 1. The van der Waals surface area contributed by atoms with E-state index in [0.29, 0.717) is 22.9 Å². The molecule has 1 N–H and O–H groups in total. The molecule has 0 bridgehead atoms. The third-order valence-electron chi connectivity index (χ3n) is 3.01. The molecule has 0 aliphatic carbocycles. The van der Waals surface area contributed by atoms with Gasteiger partial charge in [-0.3, -0.25) is 9.48 Å². The van der Waals surface area contributed by atoms with E-state index in [0.717, 1.165) is 5.69 Å². The van der Waals surface area contributed by atoms with Crippen molar-refractivity contribution in [2.24, 2.45) is 7.05 Å². The second-order valence-corrected chi connectivity index (χ2v) is 4.29. The van der Waals surface area contributed by atoms with Gasteiger partial charge in [-0.1, -0.05) is 6.07 Å². The fraction of sp³-hybridized carbons (Fsp3) is 0.286. The molecular weight excluding hydrogens is 258 g/mol. The summed E-state index contributed by atoms with van der Waals surface area (Å²) in [6, 6.07) is 6.97. The Hall–Kier alpha value is -2.50. The zero-order chi connectivity index (χ0) is 14.7. The van der Waals surface area contributed by atoms with Gasteiger partial charge in [-0.05, 0) is 19.1 Å². The molecule has 2 aromatic rings. The summed E-state index contributed by atoms with van der Waals surface area (Å²) >= 11 is 0. The van der Waals surface area contributed by atoms with E-state index in [9.17, 15) is 4.79 Å². The highest BCUT2D eigenvalue weighted by Crippen LogP contribution is 2.28. The number of anilines is 1. The second kappa shape index (κ2) is 5.64. The van der Waals surface area contributed by atoms with Gasteiger partial charge in [-0.25, -0.2) is 0 Å². The molecule has 0 fully saturated rings. The number of amides is 1. The summed E-state index contributed by atoms with van der Waals surface area (Å²) in [4.78, 5) is 12.4. The molecule has 0 atom stereocenters. The van der Waals surface area contributed by atoms with E-state index < -0.39 is 0 Å². The highest BCUT2D eigenvalue weighted by molar-refractivity contribution is 6.07. The molecule has 0 spiro atoms. The Kier molecular flexibility index (Phi) is 3.93. The number of hydrogen-bond acceptors (Lipinski definition) is 4. The maximum absolute atomic E-state index is 12.4. The van der Waals surface area contributed by atoms with Crippen LogP contribution in [0.4, 0.5) is 5.82 Å². The van der Waals surface area contributed by atoms with Crippen LogP contribution in [0.3, 0.4) is 0 Å². The van der Waals surface area contributed by atoms with E-state index in [-0.39, 0.29) is 5.91 Å². The summed E-state index contributed by atoms with van der Waals surface area (Å²) in [6.07, 6.45) is 0. The van der Waals surface area contributed by atoms with E-state index >= 15 is 0 Å². The number of hydrogen-bond donors (Lipinski definition) is 1. The zero-order valence-corrected chi connectivity index (χ0v) is 11.9. The minimum Gasteiger partial charge on any atom is -0.496 e. The Bertz CT molecular complexity index is 593. The molecule has 6 heteroatoms. The van der Waals surface area contributed by atoms with Crippen LogP contribution in [0.15, 0.2) is 24.3 Å². The van der Waals surface area contributed by atoms with Crippen molar-refractivity contribution in [1.29, 1.82) is 0 Å². The third-order valence-corrected chi connectivity index (χ3v) is 3.01. The maximum atomic E-state index is 12.4. The molecule has 1 aromatic heterocycles. The SMILES string of the molecule is COc1cccc(OC)c1C(=O)Nc1cc(C)n(C)n1. The number of methoxy groups -OCH3 is 2. The van der Waals surface area contributed by atoms with E-state index in [2.05, 4.69) is 10.4 Å². The molecule has 6 nitrogen and oxygen atoms in total. The van der Waals surface area contributed by atoms with Crippen LogP contribution in [-0.4, -0.2) is 29.9 Å². The molecule has 0 radical (unpaired) electrons. The third kappa shape index (κ3) is 2.59. The number of ether oxygens (including phenoxy) is 2. The number of rotatable bonds is 4. The standard InChI is InChI=1S/C14H17N3O3/c1-9-8-12(16-17(9)2)15-14(18)13-10(19-3)6-5-7-11(13)20-4/h5-8H,1-4H3,(H,15,16,18). The maximum Gasteiger partial charge on any atom is 0.264 e. The van der Waals surface area contributed by atoms with E-state index in [1.54, 1.807) is 28.9 Å². The average molecular weight is 275 g/mol. The van der Waals surface area contributed by atoms with Crippen LogP contribution < -0.4 is 14.8 Å². The molecule has 0 aliphatic heterocycles. The Labute approximate surface area is 117 Å². The second-order valence-electron chi connectivity index (χ2n) is 4.29. The predicted octanol–water partition coefficient (Wildman–Crippen LogP) is 2.00.